The maximum Gasteiger partial charge on any atom is 0.419 e. The predicted octanol–water partition coefficient (Wildman–Crippen LogP) is 2.80. The summed E-state index contributed by atoms with van der Waals surface area (Å²) in [6, 6.07) is 2.58. The first kappa shape index (κ1) is 23.9. The lowest BCUT2D eigenvalue weighted by Gasteiger charge is -2.17. The summed E-state index contributed by atoms with van der Waals surface area (Å²) in [6.07, 6.45) is -2.45. The molecule has 0 spiro atoms. The highest BCUT2D eigenvalue weighted by Crippen LogP contribution is 2.39. The molecule has 182 valence electrons. The second-order valence-electron chi connectivity index (χ2n) is 7.69. The third-order valence-corrected chi connectivity index (χ3v) is 5.58. The van der Waals surface area contributed by atoms with Gasteiger partial charge in [0.25, 0.3) is 0 Å². The van der Waals surface area contributed by atoms with Crippen molar-refractivity contribution in [1.29, 1.82) is 0 Å². The molecule has 0 unspecified atom stereocenters. The third kappa shape index (κ3) is 4.57. The largest absolute Gasteiger partial charge is 0.481 e. The van der Waals surface area contributed by atoms with Gasteiger partial charge in [-0.15, -0.1) is 0 Å². The van der Waals surface area contributed by atoms with E-state index in [1.807, 2.05) is 0 Å². The summed E-state index contributed by atoms with van der Waals surface area (Å²) in [5.74, 6) is 5.74. The Kier molecular flexibility index (Phi) is 6.26. The minimum absolute atomic E-state index is 0.00573. The van der Waals surface area contributed by atoms with Crippen molar-refractivity contribution in [2.45, 2.75) is 18.6 Å². The number of methoxy groups -OCH3 is 2. The highest BCUT2D eigenvalue weighted by atomic mass is 19.4. The van der Waals surface area contributed by atoms with Crippen molar-refractivity contribution in [3.05, 3.63) is 47.8 Å². The topological polar surface area (TPSA) is 108 Å². The van der Waals surface area contributed by atoms with Crippen LogP contribution in [0.1, 0.15) is 29.3 Å². The number of hydrogen-bond acceptors (Lipinski definition) is 7. The Balaban J connectivity index is 1.88. The number of anilines is 1. The lowest BCUT2D eigenvalue weighted by molar-refractivity contribution is -0.136. The smallest absolute Gasteiger partial charge is 0.419 e. The Morgan fingerprint density at radius 3 is 2.54 bits per heavy atom. The van der Waals surface area contributed by atoms with Gasteiger partial charge in [-0.2, -0.15) is 23.3 Å². The average molecular weight is 486 g/mol. The summed E-state index contributed by atoms with van der Waals surface area (Å²) in [4.78, 5) is 21.4. The summed E-state index contributed by atoms with van der Waals surface area (Å²) in [5, 5.41) is 4.40. The molecule has 1 amide bonds. The van der Waals surface area contributed by atoms with Crippen molar-refractivity contribution < 1.29 is 27.4 Å². The van der Waals surface area contributed by atoms with E-state index in [1.54, 1.807) is 12.1 Å². The number of amides is 1. The van der Waals surface area contributed by atoms with E-state index in [0.717, 1.165) is 0 Å². The van der Waals surface area contributed by atoms with E-state index in [9.17, 15) is 18.0 Å². The van der Waals surface area contributed by atoms with Crippen LogP contribution in [0.2, 0.25) is 0 Å². The molecule has 3 aromatic rings. The normalized spacial score (nSPS) is 15.6. The van der Waals surface area contributed by atoms with Gasteiger partial charge in [0.1, 0.15) is 11.5 Å². The molecule has 12 heteroatoms. The molecule has 35 heavy (non-hydrogen) atoms. The van der Waals surface area contributed by atoms with Gasteiger partial charge >= 0.3 is 6.18 Å². The molecule has 4 rings (SSSR count). The lowest BCUT2D eigenvalue weighted by atomic mass is 10.1. The zero-order valence-electron chi connectivity index (χ0n) is 18.9. The number of pyridine rings is 2. The van der Waals surface area contributed by atoms with Crippen LogP contribution in [-0.4, -0.2) is 57.9 Å². The van der Waals surface area contributed by atoms with Crippen LogP contribution in [0.5, 0.6) is 11.8 Å². The van der Waals surface area contributed by atoms with Crippen LogP contribution >= 0.6 is 0 Å². The van der Waals surface area contributed by atoms with Crippen molar-refractivity contribution in [1.82, 2.24) is 24.6 Å². The van der Waals surface area contributed by atoms with E-state index in [1.165, 1.54) is 29.9 Å². The van der Waals surface area contributed by atoms with Crippen LogP contribution < -0.4 is 15.2 Å². The van der Waals surface area contributed by atoms with Gasteiger partial charge in [-0.05, 0) is 18.4 Å². The number of hydrogen-bond donors (Lipinski definition) is 1. The SMILES string of the molecule is C=CC(=O)N1CC[C@H](n2nc(C#Cc3cc(OC)nc(OC)c3)c3c(N)ncc(C(F)(F)F)c32)C1. The first-order chi connectivity index (χ1) is 16.7. The third-order valence-electron chi connectivity index (χ3n) is 5.58. The number of nitrogens with zero attached hydrogens (tertiary/aromatic N) is 5. The van der Waals surface area contributed by atoms with Crippen molar-refractivity contribution >= 4 is 22.6 Å². The molecule has 1 aliphatic heterocycles. The second-order valence-corrected chi connectivity index (χ2v) is 7.69. The fourth-order valence-electron chi connectivity index (χ4n) is 3.92. The molecule has 1 atom stereocenters. The van der Waals surface area contributed by atoms with Gasteiger partial charge in [0.2, 0.25) is 17.7 Å². The number of nitrogens with two attached hydrogens (primary N) is 1. The van der Waals surface area contributed by atoms with E-state index in [2.05, 4.69) is 33.5 Å². The monoisotopic (exact) mass is 486 g/mol. The quantitative estimate of drug-likeness (QED) is 0.446. The van der Waals surface area contributed by atoms with Crippen molar-refractivity contribution in [3.8, 4) is 23.6 Å². The van der Waals surface area contributed by atoms with Gasteiger partial charge in [0.05, 0.1) is 36.7 Å². The number of carbonyl (C=O) groups is 1. The molecule has 1 saturated heterocycles. The molecular weight excluding hydrogens is 465 g/mol. The summed E-state index contributed by atoms with van der Waals surface area (Å²) < 4.78 is 53.3. The van der Waals surface area contributed by atoms with E-state index < -0.39 is 17.8 Å². The standard InChI is InChI=1S/C23H21F3N6O3/c1-4-19(33)31-8-7-14(12-31)32-21-15(23(24,25)26)11-28-22(27)20(21)16(30-32)6-5-13-9-17(34-2)29-18(10-13)35-3/h4,9-11,14H,1,7-8,12H2,2-3H3,(H2,27,28)/t14-/m0/s1. The molecular formula is C23H21F3N6O3. The fourth-order valence-corrected chi connectivity index (χ4v) is 3.92. The zero-order chi connectivity index (χ0) is 25.3. The van der Waals surface area contributed by atoms with Gasteiger partial charge < -0.3 is 20.1 Å². The molecule has 9 nitrogen and oxygen atoms in total. The van der Waals surface area contributed by atoms with E-state index in [4.69, 9.17) is 15.2 Å². The molecule has 0 aliphatic carbocycles. The number of carbonyl (C=O) groups excluding carboxylic acids is 1. The second kappa shape index (κ2) is 9.17. The Morgan fingerprint density at radius 1 is 1.26 bits per heavy atom. The molecule has 4 heterocycles. The first-order valence-corrected chi connectivity index (χ1v) is 10.4. The lowest BCUT2D eigenvalue weighted by Crippen LogP contribution is -2.27. The van der Waals surface area contributed by atoms with Crippen molar-refractivity contribution in [2.75, 3.05) is 33.0 Å². The van der Waals surface area contributed by atoms with Gasteiger partial charge in [-0.1, -0.05) is 12.5 Å². The molecule has 0 radical (unpaired) electrons. The highest BCUT2D eigenvalue weighted by Gasteiger charge is 2.38. The van der Waals surface area contributed by atoms with Crippen LogP contribution in [0.25, 0.3) is 10.9 Å². The van der Waals surface area contributed by atoms with Gasteiger partial charge in [-0.25, -0.2) is 4.98 Å². The minimum atomic E-state index is -4.71. The summed E-state index contributed by atoms with van der Waals surface area (Å²) in [5.41, 5.74) is 5.27. The number of nitrogen functional groups attached to an aromatic ring is 1. The number of halogens is 3. The number of alkyl halides is 3. The van der Waals surface area contributed by atoms with Crippen molar-refractivity contribution in [3.63, 3.8) is 0 Å². The van der Waals surface area contributed by atoms with Crippen LogP contribution in [0.3, 0.4) is 0 Å². The molecule has 1 fully saturated rings. The molecule has 1 aliphatic rings. The zero-order valence-corrected chi connectivity index (χ0v) is 18.9. The van der Waals surface area contributed by atoms with E-state index in [0.29, 0.717) is 24.7 Å². The summed E-state index contributed by atoms with van der Waals surface area (Å²) in [6.45, 7) is 4.00. The predicted molar refractivity (Wildman–Crippen MR) is 121 cm³/mol. The molecule has 2 N–H and O–H groups in total. The van der Waals surface area contributed by atoms with Crippen molar-refractivity contribution in [2.24, 2.45) is 0 Å². The van der Waals surface area contributed by atoms with Gasteiger partial charge in [0, 0.05) is 37.0 Å². The maximum absolute atomic E-state index is 13.9. The number of rotatable bonds is 4. The Labute approximate surface area is 198 Å². The summed E-state index contributed by atoms with van der Waals surface area (Å²) >= 11 is 0. The number of likely N-dealkylation sites (tertiary alicyclic amines) is 1. The highest BCUT2D eigenvalue weighted by molar-refractivity contribution is 5.95. The van der Waals surface area contributed by atoms with Crippen LogP contribution in [-0.2, 0) is 11.0 Å². The molecule has 3 aromatic heterocycles. The van der Waals surface area contributed by atoms with E-state index in [-0.39, 0.29) is 46.6 Å². The summed E-state index contributed by atoms with van der Waals surface area (Å²) in [7, 11) is 2.86. The Hall–Kier alpha value is -4.27. The molecule has 0 bridgehead atoms. The van der Waals surface area contributed by atoms with E-state index >= 15 is 0 Å². The van der Waals surface area contributed by atoms with Gasteiger partial charge in [0.15, 0.2) is 0 Å². The first-order valence-electron chi connectivity index (χ1n) is 10.4. The maximum atomic E-state index is 13.9. The van der Waals surface area contributed by atoms with Crippen LogP contribution in [0.15, 0.2) is 31.0 Å². The molecule has 0 saturated carbocycles. The minimum Gasteiger partial charge on any atom is -0.481 e. The van der Waals surface area contributed by atoms with Crippen LogP contribution in [0.4, 0.5) is 19.0 Å². The average Bonchev–Trinajstić information content (AvgIpc) is 3.47. The fraction of sp³-hybridized carbons (Fsp3) is 0.304. The van der Waals surface area contributed by atoms with Gasteiger partial charge in [-0.3, -0.25) is 9.48 Å². The number of ether oxygens (including phenoxy) is 2. The number of fused-ring (bicyclic) bond motifs is 1. The Morgan fingerprint density at radius 2 is 1.94 bits per heavy atom. The Bertz CT molecular complexity index is 1350. The molecule has 0 aromatic carbocycles. The number of aromatic nitrogens is 4. The van der Waals surface area contributed by atoms with Crippen LogP contribution in [0, 0.1) is 11.8 Å².